The summed E-state index contributed by atoms with van der Waals surface area (Å²) in [5, 5.41) is -2.42. The fourth-order valence-electron chi connectivity index (χ4n) is 8.82. The molecular weight excluding hydrogens is 735 g/mol. The Balaban J connectivity index is 1.13. The molecule has 5 nitrogen and oxygen atoms in total. The molecule has 12 aromatic rings. The van der Waals surface area contributed by atoms with Crippen LogP contribution in [-0.4, -0.2) is 15.8 Å². The number of furan rings is 1. The van der Waals surface area contributed by atoms with Crippen molar-refractivity contribution in [2.75, 3.05) is 0 Å². The summed E-state index contributed by atoms with van der Waals surface area (Å²) in [4.78, 5) is 0. The summed E-state index contributed by atoms with van der Waals surface area (Å²) in [6, 6.07) is 1.98. The molecule has 0 spiro atoms. The molecule has 0 saturated heterocycles. The highest BCUT2D eigenvalue weighted by molar-refractivity contribution is 6.98. The fraction of sp³-hybridized carbons (Fsp3) is 0. The average Bonchev–Trinajstić information content (AvgIpc) is 4.25. The maximum atomic E-state index is 10.1. The molecule has 2 aliphatic rings. The Morgan fingerprint density at radius 2 is 0.983 bits per heavy atom. The number of rotatable bonds is 3. The first kappa shape index (κ1) is 18.3. The zero-order chi connectivity index (χ0) is 57.3. The van der Waals surface area contributed by atoms with E-state index in [1.807, 2.05) is 48.5 Å². The van der Waals surface area contributed by atoms with Gasteiger partial charge in [-0.25, -0.2) is 0 Å². The summed E-state index contributed by atoms with van der Waals surface area (Å²) < 4.78 is 215. The highest BCUT2D eigenvalue weighted by Crippen LogP contribution is 2.44. The van der Waals surface area contributed by atoms with Crippen molar-refractivity contribution in [1.29, 1.82) is 0 Å². The number of para-hydroxylation sites is 7. The highest BCUT2D eigenvalue weighted by Gasteiger charge is 2.40. The van der Waals surface area contributed by atoms with Crippen LogP contribution in [0.4, 0.5) is 0 Å². The summed E-state index contributed by atoms with van der Waals surface area (Å²) in [6.45, 7) is -0.345. The molecule has 0 atom stereocenters. The number of nitrogens with zero attached hydrogens (tertiary/aromatic N) is 2. The minimum atomic E-state index is -0.928. The van der Waals surface area contributed by atoms with Gasteiger partial charge in [0.25, 0.3) is 6.71 Å². The molecular formula is C54H31BN2O3. The first-order valence-corrected chi connectivity index (χ1v) is 18.7. The molecule has 0 aliphatic carbocycles. The van der Waals surface area contributed by atoms with Crippen LogP contribution in [0.15, 0.2) is 192 Å². The summed E-state index contributed by atoms with van der Waals surface area (Å²) in [7, 11) is 0. The van der Waals surface area contributed by atoms with Crippen LogP contribution in [0.25, 0.3) is 88.1 Å². The Morgan fingerprint density at radius 3 is 1.65 bits per heavy atom. The number of ether oxygens (including phenoxy) is 2. The average molecular weight is 788 g/mol. The van der Waals surface area contributed by atoms with Gasteiger partial charge in [-0.2, -0.15) is 0 Å². The summed E-state index contributed by atoms with van der Waals surface area (Å²) in [6.07, 6.45) is 0. The minimum Gasteiger partial charge on any atom is -0.458 e. The van der Waals surface area contributed by atoms with Gasteiger partial charge in [0.2, 0.25) is 0 Å². The van der Waals surface area contributed by atoms with Crippen molar-refractivity contribution in [3.05, 3.63) is 188 Å². The lowest BCUT2D eigenvalue weighted by Gasteiger charge is -2.33. The largest absolute Gasteiger partial charge is 0.458 e. The van der Waals surface area contributed by atoms with Crippen molar-refractivity contribution in [3.63, 3.8) is 0 Å². The van der Waals surface area contributed by atoms with E-state index in [-0.39, 0.29) is 34.2 Å². The van der Waals surface area contributed by atoms with Crippen molar-refractivity contribution in [3.8, 4) is 45.5 Å². The lowest BCUT2D eigenvalue weighted by molar-refractivity contribution is 0.465. The van der Waals surface area contributed by atoms with Gasteiger partial charge in [-0.1, -0.05) is 121 Å². The third-order valence-corrected chi connectivity index (χ3v) is 11.3. The molecule has 0 amide bonds. The molecule has 0 N–H and O–H groups in total. The van der Waals surface area contributed by atoms with Gasteiger partial charge in [-0.15, -0.1) is 0 Å². The molecule has 0 bridgehead atoms. The molecule has 60 heavy (non-hydrogen) atoms. The van der Waals surface area contributed by atoms with Crippen LogP contribution in [-0.2, 0) is 0 Å². The predicted molar refractivity (Wildman–Crippen MR) is 246 cm³/mol. The van der Waals surface area contributed by atoms with Gasteiger partial charge in [0, 0.05) is 49.0 Å². The third kappa shape index (κ3) is 4.26. The first-order valence-electron chi connectivity index (χ1n) is 29.2. The summed E-state index contributed by atoms with van der Waals surface area (Å²) in [5.41, 5.74) is -1.65. The molecule has 2 aliphatic heterocycles. The lowest BCUT2D eigenvalue weighted by Crippen LogP contribution is -2.57. The SMILES string of the molecule is [2H]c1c([2H])c([2H])c2c(oc3c(-n4c5c([2H])c([2H])c([2H])c([2H])c5c5c([2H])c(-n6c7c([2H])c([2H])c([2H])c([2H])c7c7c([2H])c([2H])c([2H])c([2H])c76)c([2H])c([2H])c54)c([2H])c([2H])c([2H])c32)c1-c1cc2c3c(c1)Oc1ccccc1B3c1ccccc1O2. The number of hydrogen-bond acceptors (Lipinski definition) is 3. The Bertz CT molecular complexity index is 4900. The van der Waals surface area contributed by atoms with Crippen LogP contribution in [0.2, 0.25) is 0 Å². The third-order valence-electron chi connectivity index (χ3n) is 11.3. The minimum absolute atomic E-state index is 0.106. The molecule has 0 radical (unpaired) electrons. The van der Waals surface area contributed by atoms with Gasteiger partial charge in [-0.3, -0.25) is 0 Å². The van der Waals surface area contributed by atoms with Crippen LogP contribution in [0.1, 0.15) is 28.8 Å². The zero-order valence-corrected chi connectivity index (χ0v) is 30.5. The van der Waals surface area contributed by atoms with E-state index >= 15 is 0 Å². The van der Waals surface area contributed by atoms with Gasteiger partial charge in [0.15, 0.2) is 5.58 Å². The van der Waals surface area contributed by atoms with E-state index in [1.165, 1.54) is 0 Å². The van der Waals surface area contributed by atoms with Crippen LogP contribution >= 0.6 is 0 Å². The fourth-order valence-corrected chi connectivity index (χ4v) is 8.82. The number of fused-ring (bicyclic) bond motifs is 13. The Morgan fingerprint density at radius 1 is 0.450 bits per heavy atom. The monoisotopic (exact) mass is 787 g/mol. The first-order chi connectivity index (χ1) is 38.5. The zero-order valence-electron chi connectivity index (χ0n) is 51.5. The molecule has 3 aromatic heterocycles. The second-order valence-corrected chi connectivity index (χ2v) is 14.4. The number of hydrogen-bond donors (Lipinski definition) is 0. The maximum absolute atomic E-state index is 10.1. The second-order valence-electron chi connectivity index (χ2n) is 14.4. The quantitative estimate of drug-likeness (QED) is 0.168. The molecule has 0 saturated carbocycles. The molecule has 6 heteroatoms. The van der Waals surface area contributed by atoms with Gasteiger partial charge < -0.3 is 23.0 Å². The van der Waals surface area contributed by atoms with Crippen LogP contribution < -0.4 is 25.9 Å². The molecule has 9 aromatic carbocycles. The molecule has 0 fully saturated rings. The molecule has 14 rings (SSSR count). The van der Waals surface area contributed by atoms with Gasteiger partial charge in [0.05, 0.1) is 56.5 Å². The van der Waals surface area contributed by atoms with E-state index in [1.54, 1.807) is 12.1 Å². The predicted octanol–water partition coefficient (Wildman–Crippen LogP) is 12.2. The van der Waals surface area contributed by atoms with E-state index in [2.05, 4.69) is 0 Å². The normalized spacial score (nSPS) is 17.8. The van der Waals surface area contributed by atoms with Crippen LogP contribution in [0.5, 0.6) is 23.0 Å². The topological polar surface area (TPSA) is 41.5 Å². The second kappa shape index (κ2) is 11.8. The van der Waals surface area contributed by atoms with E-state index in [0.29, 0.717) is 28.5 Å². The number of benzene rings is 9. The molecule has 0 unspecified atom stereocenters. The summed E-state index contributed by atoms with van der Waals surface area (Å²) >= 11 is 0. The van der Waals surface area contributed by atoms with E-state index in [0.717, 1.165) is 20.1 Å². The van der Waals surface area contributed by atoms with Crippen molar-refractivity contribution in [2.24, 2.45) is 0 Å². The van der Waals surface area contributed by atoms with E-state index in [9.17, 15) is 15.1 Å². The Kier molecular flexibility index (Phi) is 3.61. The van der Waals surface area contributed by atoms with Gasteiger partial charge >= 0.3 is 0 Å². The molecule has 5 heterocycles. The smallest absolute Gasteiger partial charge is 0.260 e. The van der Waals surface area contributed by atoms with E-state index in [4.69, 9.17) is 27.6 Å². The van der Waals surface area contributed by atoms with Gasteiger partial charge in [-0.05, 0) is 83.1 Å². The van der Waals surface area contributed by atoms with E-state index < -0.39 is 187 Å². The van der Waals surface area contributed by atoms with Crippen molar-refractivity contribution in [2.45, 2.75) is 0 Å². The maximum Gasteiger partial charge on any atom is 0.260 e. The molecule has 278 valence electrons. The van der Waals surface area contributed by atoms with Crippen molar-refractivity contribution >= 4 is 88.7 Å². The standard InChI is InChI=1S/C54H31BN2O3/c1-6-21-43-35(13-1)36-14-2-7-22-44(36)56(43)33-27-28-46-40(31-33)37-15-3-8-23-45(37)57(46)47-24-12-18-39-38-17-11-16-34(53(38)60-54(39)47)32-29-50-52-51(30-32)59-49-26-10-5-20-42(49)55(52)41-19-4-9-25-48(41)58-50/h1-31H/i1D,2D,3D,6D,7D,8D,11D,12D,13D,14D,15D,16D,17D,18D,21D,22D,23D,24D,27D,28D,31D. The van der Waals surface area contributed by atoms with Crippen molar-refractivity contribution < 1.29 is 42.7 Å². The van der Waals surface area contributed by atoms with Crippen LogP contribution in [0, 0.1) is 0 Å². The van der Waals surface area contributed by atoms with Crippen molar-refractivity contribution in [1.82, 2.24) is 9.13 Å². The summed E-state index contributed by atoms with van der Waals surface area (Å²) in [5.74, 6) is 1.74. The van der Waals surface area contributed by atoms with Crippen LogP contribution in [0.3, 0.4) is 0 Å². The van der Waals surface area contributed by atoms with Gasteiger partial charge in [0.1, 0.15) is 28.6 Å². The lowest BCUT2D eigenvalue weighted by atomic mass is 9.35. The number of aromatic nitrogens is 2. The highest BCUT2D eigenvalue weighted by atomic mass is 16.5. The Labute approximate surface area is 373 Å². The Hall–Kier alpha value is -7.96.